The molecule has 0 amide bonds. The lowest BCUT2D eigenvalue weighted by molar-refractivity contribution is 0.417. The van der Waals surface area contributed by atoms with Gasteiger partial charge < -0.3 is 10.2 Å². The molecule has 0 spiro atoms. The van der Waals surface area contributed by atoms with E-state index in [9.17, 15) is 4.79 Å². The number of nitrogens with two attached hydrogens (primary N) is 1. The second kappa shape index (κ2) is 3.99. The lowest BCUT2D eigenvalue weighted by atomic mass is 9.91. The summed E-state index contributed by atoms with van der Waals surface area (Å²) >= 11 is 0. The number of aromatic nitrogens is 1. The molecule has 1 saturated carbocycles. The maximum absolute atomic E-state index is 11.4. The van der Waals surface area contributed by atoms with Crippen molar-refractivity contribution >= 4 is 11.1 Å². The van der Waals surface area contributed by atoms with Crippen LogP contribution in [0.3, 0.4) is 0 Å². The van der Waals surface area contributed by atoms with E-state index in [-0.39, 0.29) is 11.8 Å². The normalized spacial score (nSPS) is 19.1. The van der Waals surface area contributed by atoms with Crippen molar-refractivity contribution in [2.75, 3.05) is 0 Å². The van der Waals surface area contributed by atoms with Crippen LogP contribution < -0.4 is 11.5 Å². The average molecular weight is 246 g/mol. The molecule has 1 aliphatic carbocycles. The second-order valence-electron chi connectivity index (χ2n) is 5.38. The van der Waals surface area contributed by atoms with E-state index >= 15 is 0 Å². The van der Waals surface area contributed by atoms with E-state index < -0.39 is 0 Å². The van der Waals surface area contributed by atoms with Crippen molar-refractivity contribution in [1.82, 2.24) is 4.57 Å². The minimum atomic E-state index is -0.328. The van der Waals surface area contributed by atoms with Crippen LogP contribution in [0.15, 0.2) is 27.4 Å². The summed E-state index contributed by atoms with van der Waals surface area (Å²) in [6, 6.07) is 5.84. The number of nitrogens with zero attached hydrogens (tertiary/aromatic N) is 1. The quantitative estimate of drug-likeness (QED) is 0.902. The van der Waals surface area contributed by atoms with Crippen molar-refractivity contribution in [3.8, 4) is 0 Å². The van der Waals surface area contributed by atoms with Crippen LogP contribution in [0.25, 0.3) is 11.1 Å². The maximum atomic E-state index is 11.4. The number of benzene rings is 1. The summed E-state index contributed by atoms with van der Waals surface area (Å²) < 4.78 is 6.71. The molecule has 1 aromatic heterocycles. The number of fused-ring (bicyclic) bond motifs is 1. The Morgan fingerprint density at radius 1 is 1.44 bits per heavy atom. The molecule has 4 nitrogen and oxygen atoms in total. The van der Waals surface area contributed by atoms with E-state index in [4.69, 9.17) is 10.2 Å². The monoisotopic (exact) mass is 246 g/mol. The Labute approximate surface area is 105 Å². The molecule has 4 heteroatoms. The molecule has 2 atom stereocenters. The highest BCUT2D eigenvalue weighted by atomic mass is 16.4. The summed E-state index contributed by atoms with van der Waals surface area (Å²) in [5.41, 5.74) is 8.78. The van der Waals surface area contributed by atoms with Crippen molar-refractivity contribution in [3.63, 3.8) is 0 Å². The van der Waals surface area contributed by atoms with Gasteiger partial charge in [-0.3, -0.25) is 4.57 Å². The van der Waals surface area contributed by atoms with Gasteiger partial charge in [0.05, 0.1) is 5.52 Å². The third-order valence-corrected chi connectivity index (χ3v) is 4.13. The van der Waals surface area contributed by atoms with Crippen molar-refractivity contribution < 1.29 is 4.42 Å². The predicted octanol–water partition coefficient (Wildman–Crippen LogP) is 2.18. The number of hydrogen-bond donors (Lipinski definition) is 1. The van der Waals surface area contributed by atoms with Crippen LogP contribution in [0, 0.1) is 11.8 Å². The molecule has 0 saturated heterocycles. The zero-order valence-corrected chi connectivity index (χ0v) is 10.7. The highest BCUT2D eigenvalue weighted by Crippen LogP contribution is 2.41. The first kappa shape index (κ1) is 11.5. The standard InChI is InChI=1S/C14H18N2O2/c1-8(9-3-4-9)13(15)10-5-6-11-12(7-10)18-14(17)16(11)2/h5-9,13H,3-4,15H2,1-2H3. The Morgan fingerprint density at radius 2 is 2.17 bits per heavy atom. The predicted molar refractivity (Wildman–Crippen MR) is 70.3 cm³/mol. The Kier molecular flexibility index (Phi) is 2.55. The van der Waals surface area contributed by atoms with E-state index in [0.29, 0.717) is 11.5 Å². The molecule has 0 radical (unpaired) electrons. The Bertz CT molecular complexity index is 637. The van der Waals surface area contributed by atoms with Crippen LogP contribution in [-0.2, 0) is 7.05 Å². The molecule has 1 fully saturated rings. The summed E-state index contributed by atoms with van der Waals surface area (Å²) in [4.78, 5) is 11.4. The first-order valence-electron chi connectivity index (χ1n) is 6.43. The Morgan fingerprint density at radius 3 is 2.83 bits per heavy atom. The molecule has 0 bridgehead atoms. The highest BCUT2D eigenvalue weighted by molar-refractivity contribution is 5.73. The zero-order valence-electron chi connectivity index (χ0n) is 10.7. The van der Waals surface area contributed by atoms with Crippen molar-refractivity contribution in [3.05, 3.63) is 34.3 Å². The fourth-order valence-corrected chi connectivity index (χ4v) is 2.58. The van der Waals surface area contributed by atoms with Crippen molar-refractivity contribution in [2.45, 2.75) is 25.8 Å². The second-order valence-corrected chi connectivity index (χ2v) is 5.38. The molecule has 1 heterocycles. The van der Waals surface area contributed by atoms with Gasteiger partial charge in [-0.2, -0.15) is 0 Å². The molecular weight excluding hydrogens is 228 g/mol. The van der Waals surface area contributed by atoms with Gasteiger partial charge in [0.25, 0.3) is 0 Å². The zero-order chi connectivity index (χ0) is 12.9. The Balaban J connectivity index is 1.99. The maximum Gasteiger partial charge on any atom is 0.419 e. The first-order chi connectivity index (χ1) is 8.58. The summed E-state index contributed by atoms with van der Waals surface area (Å²) in [7, 11) is 1.71. The molecule has 1 aliphatic rings. The molecule has 2 N–H and O–H groups in total. The minimum Gasteiger partial charge on any atom is -0.408 e. The summed E-state index contributed by atoms with van der Waals surface area (Å²) in [6.07, 6.45) is 2.58. The number of oxazole rings is 1. The van der Waals surface area contributed by atoms with Gasteiger partial charge >= 0.3 is 5.76 Å². The van der Waals surface area contributed by atoms with E-state index in [1.165, 1.54) is 17.4 Å². The van der Waals surface area contributed by atoms with Gasteiger partial charge in [-0.05, 0) is 42.4 Å². The van der Waals surface area contributed by atoms with Crippen LogP contribution in [0.2, 0.25) is 0 Å². The van der Waals surface area contributed by atoms with Crippen molar-refractivity contribution in [1.29, 1.82) is 0 Å². The molecule has 1 aromatic carbocycles. The fraction of sp³-hybridized carbons (Fsp3) is 0.500. The smallest absolute Gasteiger partial charge is 0.408 e. The Hall–Kier alpha value is -1.55. The summed E-state index contributed by atoms with van der Waals surface area (Å²) in [6.45, 7) is 2.20. The molecule has 0 aliphatic heterocycles. The topological polar surface area (TPSA) is 61.2 Å². The summed E-state index contributed by atoms with van der Waals surface area (Å²) in [5.74, 6) is 0.919. The van der Waals surface area contributed by atoms with Crippen LogP contribution in [0.5, 0.6) is 0 Å². The number of aryl methyl sites for hydroxylation is 1. The molecular formula is C14H18N2O2. The lowest BCUT2D eigenvalue weighted by Crippen LogP contribution is -2.20. The number of rotatable bonds is 3. The number of hydrogen-bond acceptors (Lipinski definition) is 3. The van der Waals surface area contributed by atoms with E-state index in [0.717, 1.165) is 17.0 Å². The van der Waals surface area contributed by atoms with Crippen LogP contribution in [0.1, 0.15) is 31.4 Å². The van der Waals surface area contributed by atoms with Crippen LogP contribution in [-0.4, -0.2) is 4.57 Å². The molecule has 96 valence electrons. The summed E-state index contributed by atoms with van der Waals surface area (Å²) in [5, 5.41) is 0. The van der Waals surface area contributed by atoms with Gasteiger partial charge in [0, 0.05) is 13.1 Å². The van der Waals surface area contributed by atoms with E-state index in [1.54, 1.807) is 7.05 Å². The van der Waals surface area contributed by atoms with Gasteiger partial charge in [0.2, 0.25) is 0 Å². The third-order valence-electron chi connectivity index (χ3n) is 4.13. The largest absolute Gasteiger partial charge is 0.419 e. The third kappa shape index (κ3) is 1.77. The van der Waals surface area contributed by atoms with Gasteiger partial charge in [0.1, 0.15) is 0 Å². The first-order valence-corrected chi connectivity index (χ1v) is 6.43. The molecule has 18 heavy (non-hydrogen) atoms. The lowest BCUT2D eigenvalue weighted by Gasteiger charge is -2.19. The van der Waals surface area contributed by atoms with Gasteiger partial charge in [0.15, 0.2) is 5.58 Å². The molecule has 3 rings (SSSR count). The van der Waals surface area contributed by atoms with Crippen LogP contribution >= 0.6 is 0 Å². The van der Waals surface area contributed by atoms with E-state index in [1.807, 2.05) is 18.2 Å². The molecule has 2 aromatic rings. The highest BCUT2D eigenvalue weighted by Gasteiger charge is 2.32. The SMILES string of the molecule is CC(C1CC1)C(N)c1ccc2c(c1)oc(=O)n2C. The van der Waals surface area contributed by atoms with E-state index in [2.05, 4.69) is 6.92 Å². The van der Waals surface area contributed by atoms with Crippen LogP contribution in [0.4, 0.5) is 0 Å². The molecule has 2 unspecified atom stereocenters. The van der Waals surface area contributed by atoms with Crippen molar-refractivity contribution in [2.24, 2.45) is 24.6 Å². The minimum absolute atomic E-state index is 0.0207. The average Bonchev–Trinajstić information content (AvgIpc) is 3.16. The van der Waals surface area contributed by atoms with Gasteiger partial charge in [-0.1, -0.05) is 13.0 Å². The van der Waals surface area contributed by atoms with Gasteiger partial charge in [-0.25, -0.2) is 4.79 Å². The fourth-order valence-electron chi connectivity index (χ4n) is 2.58. The van der Waals surface area contributed by atoms with Gasteiger partial charge in [-0.15, -0.1) is 0 Å².